The van der Waals surface area contributed by atoms with Crippen LogP contribution in [0, 0.1) is 0 Å². The maximum atomic E-state index is 12.0. The molecular weight excluding hydrogens is 276 g/mol. The first-order chi connectivity index (χ1) is 9.69. The Balaban J connectivity index is 1.99. The van der Waals surface area contributed by atoms with Gasteiger partial charge in [0, 0.05) is 6.20 Å². The molecule has 1 aromatic heterocycles. The molecule has 2 aromatic rings. The lowest BCUT2D eigenvalue weighted by Gasteiger charge is -2.16. The van der Waals surface area contributed by atoms with Gasteiger partial charge in [-0.25, -0.2) is 4.98 Å². The molecule has 1 amide bonds. The standard InChI is InChI=1S/C15H15ClN2O2/c16-14-7-6-12(9-17-14)15(20)18-13(10-19)8-11-4-2-1-3-5-11/h1-7,9,13,19H,8,10H2,(H,18,20)/t13-/m0/s1. The second-order valence-electron chi connectivity index (χ2n) is 4.41. The summed E-state index contributed by atoms with van der Waals surface area (Å²) in [6.45, 7) is -0.123. The zero-order chi connectivity index (χ0) is 14.4. The van der Waals surface area contributed by atoms with E-state index in [2.05, 4.69) is 10.3 Å². The number of pyridine rings is 1. The van der Waals surface area contributed by atoms with Crippen molar-refractivity contribution in [3.05, 3.63) is 64.9 Å². The third-order valence-electron chi connectivity index (χ3n) is 2.87. The molecule has 1 atom stereocenters. The van der Waals surface area contributed by atoms with Crippen molar-refractivity contribution in [2.24, 2.45) is 0 Å². The average molecular weight is 291 g/mol. The number of carbonyl (C=O) groups excluding carboxylic acids is 1. The summed E-state index contributed by atoms with van der Waals surface area (Å²) in [4.78, 5) is 15.9. The molecule has 4 nitrogen and oxygen atoms in total. The van der Waals surface area contributed by atoms with Crippen LogP contribution in [0.3, 0.4) is 0 Å². The van der Waals surface area contributed by atoms with E-state index in [0.717, 1.165) is 5.56 Å². The third-order valence-corrected chi connectivity index (χ3v) is 3.09. The molecule has 1 heterocycles. The molecular formula is C15H15ClN2O2. The quantitative estimate of drug-likeness (QED) is 0.829. The topological polar surface area (TPSA) is 62.2 Å². The number of carbonyl (C=O) groups is 1. The molecule has 0 saturated heterocycles. The van der Waals surface area contributed by atoms with Gasteiger partial charge in [0.25, 0.3) is 5.91 Å². The van der Waals surface area contributed by atoms with Gasteiger partial charge in [-0.05, 0) is 24.1 Å². The van der Waals surface area contributed by atoms with Crippen LogP contribution in [0.15, 0.2) is 48.7 Å². The lowest BCUT2D eigenvalue weighted by atomic mass is 10.1. The third kappa shape index (κ3) is 4.05. The van der Waals surface area contributed by atoms with Crippen molar-refractivity contribution < 1.29 is 9.90 Å². The molecule has 104 valence electrons. The number of amides is 1. The molecule has 0 aliphatic rings. The predicted molar refractivity (Wildman–Crippen MR) is 77.7 cm³/mol. The van der Waals surface area contributed by atoms with Gasteiger partial charge >= 0.3 is 0 Å². The molecule has 1 aromatic carbocycles. The largest absolute Gasteiger partial charge is 0.394 e. The van der Waals surface area contributed by atoms with Gasteiger partial charge in [0.1, 0.15) is 5.15 Å². The van der Waals surface area contributed by atoms with E-state index in [-0.39, 0.29) is 18.6 Å². The highest BCUT2D eigenvalue weighted by molar-refractivity contribution is 6.29. The van der Waals surface area contributed by atoms with Crippen molar-refractivity contribution in [2.45, 2.75) is 12.5 Å². The summed E-state index contributed by atoms with van der Waals surface area (Å²) < 4.78 is 0. The van der Waals surface area contributed by atoms with E-state index >= 15 is 0 Å². The van der Waals surface area contributed by atoms with Gasteiger partial charge in [0.15, 0.2) is 0 Å². The van der Waals surface area contributed by atoms with E-state index in [1.807, 2.05) is 30.3 Å². The minimum atomic E-state index is -0.333. The summed E-state index contributed by atoms with van der Waals surface area (Å²) in [5.41, 5.74) is 1.47. The smallest absolute Gasteiger partial charge is 0.253 e. The van der Waals surface area contributed by atoms with E-state index in [1.54, 1.807) is 12.1 Å². The van der Waals surface area contributed by atoms with Gasteiger partial charge < -0.3 is 10.4 Å². The minimum absolute atomic E-state index is 0.123. The zero-order valence-corrected chi connectivity index (χ0v) is 11.5. The van der Waals surface area contributed by atoms with Crippen LogP contribution in [0.5, 0.6) is 0 Å². The number of aliphatic hydroxyl groups excluding tert-OH is 1. The molecule has 20 heavy (non-hydrogen) atoms. The predicted octanol–water partition coefficient (Wildman–Crippen LogP) is 2.07. The molecule has 5 heteroatoms. The first-order valence-corrected chi connectivity index (χ1v) is 6.64. The van der Waals surface area contributed by atoms with Crippen LogP contribution in [0.1, 0.15) is 15.9 Å². The highest BCUT2D eigenvalue weighted by Gasteiger charge is 2.13. The summed E-state index contributed by atoms with van der Waals surface area (Å²) >= 11 is 5.67. The van der Waals surface area contributed by atoms with Gasteiger partial charge in [-0.3, -0.25) is 4.79 Å². The second-order valence-corrected chi connectivity index (χ2v) is 4.80. The second kappa shape index (κ2) is 7.03. The Hall–Kier alpha value is -1.91. The van der Waals surface area contributed by atoms with Crippen LogP contribution >= 0.6 is 11.6 Å². The van der Waals surface area contributed by atoms with Crippen molar-refractivity contribution in [1.82, 2.24) is 10.3 Å². The lowest BCUT2D eigenvalue weighted by molar-refractivity contribution is 0.0916. The number of benzene rings is 1. The summed E-state index contributed by atoms with van der Waals surface area (Å²) in [7, 11) is 0. The average Bonchev–Trinajstić information content (AvgIpc) is 2.48. The lowest BCUT2D eigenvalue weighted by Crippen LogP contribution is -2.39. The molecule has 0 unspecified atom stereocenters. The molecule has 2 rings (SSSR count). The Labute approximate surface area is 122 Å². The monoisotopic (exact) mass is 290 g/mol. The number of hydrogen-bond acceptors (Lipinski definition) is 3. The normalized spacial score (nSPS) is 11.9. The molecule has 0 aliphatic carbocycles. The van der Waals surface area contributed by atoms with Gasteiger partial charge in [0.2, 0.25) is 0 Å². The number of nitrogens with one attached hydrogen (secondary N) is 1. The molecule has 0 aliphatic heterocycles. The van der Waals surface area contributed by atoms with Crippen molar-refractivity contribution in [2.75, 3.05) is 6.61 Å². The molecule has 0 fully saturated rings. The van der Waals surface area contributed by atoms with Crippen molar-refractivity contribution in [3.8, 4) is 0 Å². The Morgan fingerprint density at radius 1 is 1.25 bits per heavy atom. The molecule has 2 N–H and O–H groups in total. The van der Waals surface area contributed by atoms with Crippen LogP contribution in [0.25, 0.3) is 0 Å². The maximum absolute atomic E-state index is 12.0. The van der Waals surface area contributed by atoms with Crippen LogP contribution in [-0.4, -0.2) is 28.6 Å². The Morgan fingerprint density at radius 3 is 2.60 bits per heavy atom. The Kier molecular flexibility index (Phi) is 5.09. The zero-order valence-electron chi connectivity index (χ0n) is 10.8. The van der Waals surface area contributed by atoms with Crippen LogP contribution in [0.4, 0.5) is 0 Å². The van der Waals surface area contributed by atoms with E-state index in [0.29, 0.717) is 17.1 Å². The van der Waals surface area contributed by atoms with E-state index < -0.39 is 0 Å². The Bertz CT molecular complexity index is 558. The summed E-state index contributed by atoms with van der Waals surface area (Å²) in [6.07, 6.45) is 1.98. The van der Waals surface area contributed by atoms with E-state index in [4.69, 9.17) is 11.6 Å². The first kappa shape index (κ1) is 14.5. The first-order valence-electron chi connectivity index (χ1n) is 6.26. The molecule has 0 bridgehead atoms. The van der Waals surface area contributed by atoms with Crippen molar-refractivity contribution >= 4 is 17.5 Å². The van der Waals surface area contributed by atoms with Gasteiger partial charge in [-0.15, -0.1) is 0 Å². The molecule has 0 saturated carbocycles. The SMILES string of the molecule is O=C(N[C@H](CO)Cc1ccccc1)c1ccc(Cl)nc1. The summed E-state index contributed by atoms with van der Waals surface area (Å²) in [5, 5.41) is 12.5. The highest BCUT2D eigenvalue weighted by Crippen LogP contribution is 2.07. The van der Waals surface area contributed by atoms with Gasteiger partial charge in [-0.1, -0.05) is 41.9 Å². The number of nitrogens with zero attached hydrogens (tertiary/aromatic N) is 1. The molecule has 0 spiro atoms. The van der Waals surface area contributed by atoms with Crippen molar-refractivity contribution in [3.63, 3.8) is 0 Å². The fourth-order valence-corrected chi connectivity index (χ4v) is 1.95. The maximum Gasteiger partial charge on any atom is 0.253 e. The van der Waals surface area contributed by atoms with E-state index in [9.17, 15) is 9.90 Å². The minimum Gasteiger partial charge on any atom is -0.394 e. The number of halogens is 1. The number of hydrogen-bond donors (Lipinski definition) is 2. The number of aromatic nitrogens is 1. The van der Waals surface area contributed by atoms with Crippen molar-refractivity contribution in [1.29, 1.82) is 0 Å². The molecule has 0 radical (unpaired) electrons. The van der Waals surface area contributed by atoms with Crippen LogP contribution in [-0.2, 0) is 6.42 Å². The fourth-order valence-electron chi connectivity index (χ4n) is 1.84. The van der Waals surface area contributed by atoms with Gasteiger partial charge in [-0.2, -0.15) is 0 Å². The number of rotatable bonds is 5. The summed E-state index contributed by atoms with van der Waals surface area (Å²) in [5.74, 6) is -0.274. The van der Waals surface area contributed by atoms with Crippen LogP contribution < -0.4 is 5.32 Å². The fraction of sp³-hybridized carbons (Fsp3) is 0.200. The van der Waals surface area contributed by atoms with Crippen LogP contribution in [0.2, 0.25) is 5.15 Å². The van der Waals surface area contributed by atoms with E-state index in [1.165, 1.54) is 6.20 Å². The summed E-state index contributed by atoms with van der Waals surface area (Å²) in [6, 6.07) is 12.5. The highest BCUT2D eigenvalue weighted by atomic mass is 35.5. The number of aliphatic hydroxyl groups is 1. The Morgan fingerprint density at radius 2 is 2.00 bits per heavy atom. The van der Waals surface area contributed by atoms with Gasteiger partial charge in [0.05, 0.1) is 18.2 Å².